The number of carbonyl (C=O) groups is 1. The standard InChI is InChI=1S/C25H33N7O3/c1-25(34)9-12-31(15-20(25)32-17-29-21-22(26)27-16-28-23(21)32)24(33)18-5-7-19(8-6-18)35-14-13-30-10-3-2-4-11-30/h5-8,16-17,20,34H,2-4,9-15H2,1H3,(H2,26,27,28)/t20-,25-/m1/s1. The molecule has 5 rings (SSSR count). The van der Waals surface area contributed by atoms with Crippen molar-refractivity contribution >= 4 is 22.9 Å². The summed E-state index contributed by atoms with van der Waals surface area (Å²) in [6.45, 7) is 6.44. The Morgan fingerprint density at radius 1 is 1.14 bits per heavy atom. The molecule has 3 N–H and O–H groups in total. The fourth-order valence-electron chi connectivity index (χ4n) is 5.05. The average Bonchev–Trinajstić information content (AvgIpc) is 3.30. The van der Waals surface area contributed by atoms with Crippen molar-refractivity contribution in [2.75, 3.05) is 45.1 Å². The number of nitrogens with zero attached hydrogens (tertiary/aromatic N) is 6. The Bertz CT molecular complexity index is 1170. The molecule has 2 saturated heterocycles. The molecule has 2 aliphatic rings. The molecule has 1 aromatic carbocycles. The van der Waals surface area contributed by atoms with Crippen LogP contribution in [0.2, 0.25) is 0 Å². The van der Waals surface area contributed by atoms with Crippen molar-refractivity contribution in [2.24, 2.45) is 0 Å². The molecular formula is C25H33N7O3. The number of fused-ring (bicyclic) bond motifs is 1. The largest absolute Gasteiger partial charge is 0.492 e. The summed E-state index contributed by atoms with van der Waals surface area (Å²) in [4.78, 5) is 30.1. The van der Waals surface area contributed by atoms with Crippen LogP contribution in [-0.2, 0) is 0 Å². The number of benzene rings is 1. The summed E-state index contributed by atoms with van der Waals surface area (Å²) in [7, 11) is 0. The highest BCUT2D eigenvalue weighted by molar-refractivity contribution is 5.94. The van der Waals surface area contributed by atoms with Crippen LogP contribution in [0, 0.1) is 0 Å². The van der Waals surface area contributed by atoms with E-state index in [-0.39, 0.29) is 11.7 Å². The smallest absolute Gasteiger partial charge is 0.253 e. The molecule has 0 unspecified atom stereocenters. The molecule has 10 nitrogen and oxygen atoms in total. The molecule has 186 valence electrons. The third-order valence-corrected chi connectivity index (χ3v) is 7.24. The summed E-state index contributed by atoms with van der Waals surface area (Å²) in [5.74, 6) is 0.972. The molecule has 3 aromatic rings. The molecule has 0 saturated carbocycles. The van der Waals surface area contributed by atoms with E-state index in [1.165, 1.54) is 25.6 Å². The Morgan fingerprint density at radius 3 is 2.69 bits per heavy atom. The first-order chi connectivity index (χ1) is 16.9. The van der Waals surface area contributed by atoms with Gasteiger partial charge in [0.05, 0.1) is 18.0 Å². The Kier molecular flexibility index (Phi) is 6.57. The number of nitrogens with two attached hydrogens (primary N) is 1. The molecule has 35 heavy (non-hydrogen) atoms. The lowest BCUT2D eigenvalue weighted by Crippen LogP contribution is -2.52. The van der Waals surface area contributed by atoms with E-state index in [4.69, 9.17) is 10.5 Å². The first-order valence-corrected chi connectivity index (χ1v) is 12.3. The zero-order valence-corrected chi connectivity index (χ0v) is 20.1. The van der Waals surface area contributed by atoms with E-state index in [1.807, 2.05) is 12.1 Å². The third-order valence-electron chi connectivity index (χ3n) is 7.24. The van der Waals surface area contributed by atoms with Gasteiger partial charge < -0.3 is 25.0 Å². The van der Waals surface area contributed by atoms with E-state index >= 15 is 0 Å². The molecule has 0 bridgehead atoms. The zero-order chi connectivity index (χ0) is 24.4. The van der Waals surface area contributed by atoms with Gasteiger partial charge in [0, 0.05) is 25.2 Å². The summed E-state index contributed by atoms with van der Waals surface area (Å²) in [6, 6.07) is 6.90. The van der Waals surface area contributed by atoms with Crippen molar-refractivity contribution in [1.82, 2.24) is 29.3 Å². The van der Waals surface area contributed by atoms with Crippen molar-refractivity contribution in [1.29, 1.82) is 0 Å². The minimum absolute atomic E-state index is 0.0797. The molecule has 1 amide bonds. The minimum Gasteiger partial charge on any atom is -0.492 e. The van der Waals surface area contributed by atoms with Crippen molar-refractivity contribution in [2.45, 2.75) is 44.2 Å². The maximum absolute atomic E-state index is 13.3. The quantitative estimate of drug-likeness (QED) is 0.551. The minimum atomic E-state index is -1.03. The van der Waals surface area contributed by atoms with Gasteiger partial charge in [-0.25, -0.2) is 15.0 Å². The molecule has 2 aromatic heterocycles. The number of aliphatic hydroxyl groups is 1. The average molecular weight is 480 g/mol. The molecule has 2 atom stereocenters. The summed E-state index contributed by atoms with van der Waals surface area (Å²) < 4.78 is 7.70. The van der Waals surface area contributed by atoms with E-state index < -0.39 is 11.6 Å². The SMILES string of the molecule is C[C@@]1(O)CCN(C(=O)c2ccc(OCCN3CCCCC3)cc2)C[C@H]1n1cnc2c(N)ncnc21. The molecule has 10 heteroatoms. The lowest BCUT2D eigenvalue weighted by Gasteiger charge is -2.43. The third kappa shape index (κ3) is 4.94. The van der Waals surface area contributed by atoms with Gasteiger partial charge in [-0.2, -0.15) is 0 Å². The van der Waals surface area contributed by atoms with Crippen LogP contribution in [0.15, 0.2) is 36.9 Å². The van der Waals surface area contributed by atoms with Crippen LogP contribution in [0.4, 0.5) is 5.82 Å². The van der Waals surface area contributed by atoms with Gasteiger partial charge >= 0.3 is 0 Å². The Morgan fingerprint density at radius 2 is 1.91 bits per heavy atom. The normalized spacial score (nSPS) is 23.5. The van der Waals surface area contributed by atoms with Crippen LogP contribution in [0.3, 0.4) is 0 Å². The van der Waals surface area contributed by atoms with Crippen molar-refractivity contribution in [3.8, 4) is 5.75 Å². The van der Waals surface area contributed by atoms with E-state index in [1.54, 1.807) is 34.9 Å². The van der Waals surface area contributed by atoms with Crippen molar-refractivity contribution < 1.29 is 14.6 Å². The number of ether oxygens (including phenoxy) is 1. The van der Waals surface area contributed by atoms with Crippen molar-refractivity contribution in [3.63, 3.8) is 0 Å². The number of imidazole rings is 1. The van der Waals surface area contributed by atoms with Gasteiger partial charge in [0.2, 0.25) is 0 Å². The van der Waals surface area contributed by atoms with Gasteiger partial charge in [0.15, 0.2) is 11.5 Å². The second kappa shape index (κ2) is 9.79. The predicted octanol–water partition coefficient (Wildman–Crippen LogP) is 2.11. The fourth-order valence-corrected chi connectivity index (χ4v) is 5.05. The van der Waals surface area contributed by atoms with Crippen LogP contribution < -0.4 is 10.5 Å². The summed E-state index contributed by atoms with van der Waals surface area (Å²) in [6.07, 6.45) is 7.28. The van der Waals surface area contributed by atoms with Gasteiger partial charge in [-0.3, -0.25) is 9.69 Å². The van der Waals surface area contributed by atoms with E-state index in [9.17, 15) is 9.90 Å². The molecule has 4 heterocycles. The summed E-state index contributed by atoms with van der Waals surface area (Å²) >= 11 is 0. The number of aromatic nitrogens is 4. The molecule has 0 radical (unpaired) electrons. The highest BCUT2D eigenvalue weighted by Gasteiger charge is 2.41. The summed E-state index contributed by atoms with van der Waals surface area (Å²) in [5, 5.41) is 11.1. The van der Waals surface area contributed by atoms with Gasteiger partial charge in [-0.05, 0) is 63.5 Å². The van der Waals surface area contributed by atoms with Crippen molar-refractivity contribution in [3.05, 3.63) is 42.5 Å². The highest BCUT2D eigenvalue weighted by atomic mass is 16.5. The van der Waals surface area contributed by atoms with Gasteiger partial charge in [0.25, 0.3) is 5.91 Å². The first-order valence-electron chi connectivity index (χ1n) is 12.3. The van der Waals surface area contributed by atoms with Crippen LogP contribution in [0.1, 0.15) is 49.0 Å². The maximum atomic E-state index is 13.3. The number of hydrogen-bond acceptors (Lipinski definition) is 8. The Labute approximate surface area is 204 Å². The number of hydrogen-bond donors (Lipinski definition) is 2. The number of rotatable bonds is 6. The lowest BCUT2D eigenvalue weighted by molar-refractivity contribution is -0.0433. The van der Waals surface area contributed by atoms with Gasteiger partial charge in [-0.1, -0.05) is 6.42 Å². The van der Waals surface area contributed by atoms with E-state index in [0.29, 0.717) is 42.8 Å². The van der Waals surface area contributed by atoms with Crippen LogP contribution in [0.5, 0.6) is 5.75 Å². The predicted molar refractivity (Wildman–Crippen MR) is 132 cm³/mol. The first kappa shape index (κ1) is 23.5. The summed E-state index contributed by atoms with van der Waals surface area (Å²) in [5.41, 5.74) is 6.53. The van der Waals surface area contributed by atoms with E-state index in [2.05, 4.69) is 19.9 Å². The van der Waals surface area contributed by atoms with Crippen LogP contribution in [-0.4, -0.2) is 85.3 Å². The molecule has 2 aliphatic heterocycles. The lowest BCUT2D eigenvalue weighted by atomic mass is 9.88. The maximum Gasteiger partial charge on any atom is 0.253 e. The zero-order valence-electron chi connectivity index (χ0n) is 20.1. The number of nitrogen functional groups attached to an aromatic ring is 1. The van der Waals surface area contributed by atoms with Crippen LogP contribution in [0.25, 0.3) is 11.2 Å². The number of likely N-dealkylation sites (tertiary alicyclic amines) is 2. The Hall–Kier alpha value is -3.24. The number of amides is 1. The molecule has 2 fully saturated rings. The fraction of sp³-hybridized carbons (Fsp3) is 0.520. The number of piperidine rings is 2. The topological polar surface area (TPSA) is 123 Å². The van der Waals surface area contributed by atoms with Gasteiger partial charge in [-0.15, -0.1) is 0 Å². The number of anilines is 1. The highest BCUT2D eigenvalue weighted by Crippen LogP contribution is 2.34. The second-order valence-electron chi connectivity index (χ2n) is 9.73. The number of carbonyl (C=O) groups excluding carboxylic acids is 1. The van der Waals surface area contributed by atoms with Crippen LogP contribution >= 0.6 is 0 Å². The monoisotopic (exact) mass is 479 g/mol. The van der Waals surface area contributed by atoms with Gasteiger partial charge in [0.1, 0.15) is 24.2 Å². The van der Waals surface area contributed by atoms with E-state index in [0.717, 1.165) is 25.4 Å². The molecule has 0 spiro atoms. The molecule has 0 aliphatic carbocycles. The molecular weight excluding hydrogens is 446 g/mol. The second-order valence-corrected chi connectivity index (χ2v) is 9.73. The Balaban J connectivity index is 1.25.